The highest BCUT2D eigenvalue weighted by molar-refractivity contribution is 5.89. The fourth-order valence-corrected chi connectivity index (χ4v) is 1.81. The number of benzene rings is 1. The standard InChI is InChI=1S/C16H23N3O4/c1-16(2,3)23-15(22)19-12(14(21)18-10-13(17)20)9-11-7-5-4-6-8-11/h4-8,12H,9-10H2,1-3H3,(H2,17,20)(H,18,21)(H,19,22)/t12-/m0/s1. The van der Waals surface area contributed by atoms with Crippen molar-refractivity contribution in [1.29, 1.82) is 0 Å². The van der Waals surface area contributed by atoms with Gasteiger partial charge >= 0.3 is 6.09 Å². The van der Waals surface area contributed by atoms with Crippen molar-refractivity contribution in [2.24, 2.45) is 5.73 Å². The first-order valence-electron chi connectivity index (χ1n) is 7.27. The van der Waals surface area contributed by atoms with Gasteiger partial charge in [-0.1, -0.05) is 30.3 Å². The number of hydrogen-bond donors (Lipinski definition) is 3. The van der Waals surface area contributed by atoms with Gasteiger partial charge in [0.1, 0.15) is 11.6 Å². The minimum absolute atomic E-state index is 0.269. The summed E-state index contributed by atoms with van der Waals surface area (Å²) in [5.74, 6) is -1.16. The van der Waals surface area contributed by atoms with E-state index in [4.69, 9.17) is 10.5 Å². The Balaban J connectivity index is 2.77. The Bertz CT molecular complexity index is 552. The number of rotatable bonds is 6. The number of nitrogens with two attached hydrogens (primary N) is 1. The van der Waals surface area contributed by atoms with Crippen LogP contribution in [0.5, 0.6) is 0 Å². The zero-order valence-corrected chi connectivity index (χ0v) is 13.6. The van der Waals surface area contributed by atoms with Gasteiger partial charge in [0.2, 0.25) is 11.8 Å². The van der Waals surface area contributed by atoms with Crippen LogP contribution < -0.4 is 16.4 Å². The average Bonchev–Trinajstić information content (AvgIpc) is 2.43. The summed E-state index contributed by atoms with van der Waals surface area (Å²) in [6.45, 7) is 4.89. The molecule has 0 aromatic heterocycles. The fraction of sp³-hybridized carbons (Fsp3) is 0.438. The highest BCUT2D eigenvalue weighted by Crippen LogP contribution is 2.08. The maximum absolute atomic E-state index is 12.2. The van der Waals surface area contributed by atoms with E-state index < -0.39 is 29.6 Å². The molecule has 7 heteroatoms. The van der Waals surface area contributed by atoms with Crippen molar-refractivity contribution >= 4 is 17.9 Å². The molecule has 126 valence electrons. The smallest absolute Gasteiger partial charge is 0.408 e. The molecule has 4 N–H and O–H groups in total. The van der Waals surface area contributed by atoms with Gasteiger partial charge in [0.15, 0.2) is 0 Å². The molecular weight excluding hydrogens is 298 g/mol. The highest BCUT2D eigenvalue weighted by Gasteiger charge is 2.24. The first kappa shape index (κ1) is 18.5. The van der Waals surface area contributed by atoms with Crippen LogP contribution in [0.3, 0.4) is 0 Å². The third-order valence-electron chi connectivity index (χ3n) is 2.73. The Morgan fingerprint density at radius 3 is 2.30 bits per heavy atom. The molecule has 3 amide bonds. The predicted octanol–water partition coefficient (Wildman–Crippen LogP) is 0.724. The van der Waals surface area contributed by atoms with Crippen molar-refractivity contribution in [1.82, 2.24) is 10.6 Å². The molecule has 0 unspecified atom stereocenters. The molecular formula is C16H23N3O4. The van der Waals surface area contributed by atoms with E-state index in [0.29, 0.717) is 0 Å². The van der Waals surface area contributed by atoms with Gasteiger partial charge in [-0.3, -0.25) is 9.59 Å². The van der Waals surface area contributed by atoms with Crippen LogP contribution in [-0.4, -0.2) is 36.1 Å². The summed E-state index contributed by atoms with van der Waals surface area (Å²) < 4.78 is 5.16. The Morgan fingerprint density at radius 1 is 1.17 bits per heavy atom. The summed E-state index contributed by atoms with van der Waals surface area (Å²) in [5.41, 5.74) is 5.20. The minimum atomic E-state index is -0.869. The second-order valence-electron chi connectivity index (χ2n) is 6.07. The van der Waals surface area contributed by atoms with Crippen LogP contribution in [0.2, 0.25) is 0 Å². The number of hydrogen-bond acceptors (Lipinski definition) is 4. The summed E-state index contributed by atoms with van der Waals surface area (Å²) in [6, 6.07) is 8.33. The molecule has 0 fully saturated rings. The molecule has 1 aromatic rings. The molecule has 1 atom stereocenters. The molecule has 0 radical (unpaired) electrons. The zero-order chi connectivity index (χ0) is 17.5. The van der Waals surface area contributed by atoms with Gasteiger partial charge in [-0.25, -0.2) is 4.79 Å². The summed E-state index contributed by atoms with van der Waals surface area (Å²) in [7, 11) is 0. The van der Waals surface area contributed by atoms with E-state index >= 15 is 0 Å². The van der Waals surface area contributed by atoms with Crippen molar-refractivity contribution < 1.29 is 19.1 Å². The van der Waals surface area contributed by atoms with Gasteiger partial charge in [-0.15, -0.1) is 0 Å². The van der Waals surface area contributed by atoms with Crippen LogP contribution in [0.1, 0.15) is 26.3 Å². The lowest BCUT2D eigenvalue weighted by Crippen LogP contribution is -2.50. The Labute approximate surface area is 135 Å². The van der Waals surface area contributed by atoms with Crippen LogP contribution in [0.4, 0.5) is 4.79 Å². The number of carbonyl (C=O) groups is 3. The number of primary amides is 1. The number of carbonyl (C=O) groups excluding carboxylic acids is 3. The Morgan fingerprint density at radius 2 is 1.78 bits per heavy atom. The van der Waals surface area contributed by atoms with E-state index in [9.17, 15) is 14.4 Å². The summed E-state index contributed by atoms with van der Waals surface area (Å²) in [4.78, 5) is 34.9. The third kappa shape index (κ3) is 7.85. The van der Waals surface area contributed by atoms with Crippen LogP contribution in [0, 0.1) is 0 Å². The number of alkyl carbamates (subject to hydrolysis) is 1. The molecule has 0 spiro atoms. The van der Waals surface area contributed by atoms with Gasteiger partial charge in [0.25, 0.3) is 0 Å². The molecule has 0 heterocycles. The normalized spacial score (nSPS) is 12.1. The molecule has 0 saturated carbocycles. The van der Waals surface area contributed by atoms with Gasteiger partial charge in [-0.05, 0) is 26.3 Å². The van der Waals surface area contributed by atoms with E-state index in [0.717, 1.165) is 5.56 Å². The third-order valence-corrected chi connectivity index (χ3v) is 2.73. The van der Waals surface area contributed by atoms with Crippen LogP contribution >= 0.6 is 0 Å². The second kappa shape index (κ2) is 8.17. The van der Waals surface area contributed by atoms with E-state index in [2.05, 4.69) is 10.6 Å². The highest BCUT2D eigenvalue weighted by atomic mass is 16.6. The van der Waals surface area contributed by atoms with E-state index in [-0.39, 0.29) is 13.0 Å². The van der Waals surface area contributed by atoms with Crippen LogP contribution in [-0.2, 0) is 20.7 Å². The zero-order valence-electron chi connectivity index (χ0n) is 13.6. The number of ether oxygens (including phenoxy) is 1. The molecule has 1 rings (SSSR count). The number of nitrogens with one attached hydrogen (secondary N) is 2. The van der Waals surface area contributed by atoms with E-state index in [1.165, 1.54) is 0 Å². The molecule has 0 aliphatic carbocycles. The van der Waals surface area contributed by atoms with Gasteiger partial charge < -0.3 is 21.1 Å². The molecule has 0 aliphatic rings. The molecule has 0 aliphatic heterocycles. The average molecular weight is 321 g/mol. The quantitative estimate of drug-likeness (QED) is 0.717. The van der Waals surface area contributed by atoms with Crippen molar-refractivity contribution in [2.45, 2.75) is 38.8 Å². The lowest BCUT2D eigenvalue weighted by atomic mass is 10.1. The molecule has 7 nitrogen and oxygen atoms in total. The summed E-state index contributed by atoms with van der Waals surface area (Å²) >= 11 is 0. The molecule has 1 aromatic carbocycles. The van der Waals surface area contributed by atoms with Gasteiger partial charge in [-0.2, -0.15) is 0 Å². The Hall–Kier alpha value is -2.57. The second-order valence-corrected chi connectivity index (χ2v) is 6.07. The molecule has 0 saturated heterocycles. The van der Waals surface area contributed by atoms with Crippen LogP contribution in [0.15, 0.2) is 30.3 Å². The minimum Gasteiger partial charge on any atom is -0.444 e. The number of amides is 3. The molecule has 23 heavy (non-hydrogen) atoms. The SMILES string of the molecule is CC(C)(C)OC(=O)N[C@@H](Cc1ccccc1)C(=O)NCC(N)=O. The largest absolute Gasteiger partial charge is 0.444 e. The van der Waals surface area contributed by atoms with Gasteiger partial charge in [0.05, 0.1) is 6.54 Å². The maximum atomic E-state index is 12.2. The maximum Gasteiger partial charge on any atom is 0.408 e. The van der Waals surface area contributed by atoms with Crippen molar-refractivity contribution in [3.63, 3.8) is 0 Å². The summed E-state index contributed by atoms with van der Waals surface area (Å²) in [6.07, 6.45) is -0.433. The predicted molar refractivity (Wildman–Crippen MR) is 85.5 cm³/mol. The first-order valence-corrected chi connectivity index (χ1v) is 7.27. The van der Waals surface area contributed by atoms with E-state index in [1.54, 1.807) is 20.8 Å². The van der Waals surface area contributed by atoms with Crippen molar-refractivity contribution in [2.75, 3.05) is 6.54 Å². The first-order chi connectivity index (χ1) is 10.7. The fourth-order valence-electron chi connectivity index (χ4n) is 1.81. The topological polar surface area (TPSA) is 111 Å². The van der Waals surface area contributed by atoms with Crippen LogP contribution in [0.25, 0.3) is 0 Å². The Kier molecular flexibility index (Phi) is 6.56. The lowest BCUT2D eigenvalue weighted by Gasteiger charge is -2.23. The van der Waals surface area contributed by atoms with Gasteiger partial charge in [0, 0.05) is 6.42 Å². The monoisotopic (exact) mass is 321 g/mol. The molecule has 0 bridgehead atoms. The van der Waals surface area contributed by atoms with Crippen molar-refractivity contribution in [3.8, 4) is 0 Å². The van der Waals surface area contributed by atoms with E-state index in [1.807, 2.05) is 30.3 Å². The lowest BCUT2D eigenvalue weighted by molar-refractivity contribution is -0.126. The summed E-state index contributed by atoms with van der Waals surface area (Å²) in [5, 5.41) is 4.91. The van der Waals surface area contributed by atoms with Crippen molar-refractivity contribution in [3.05, 3.63) is 35.9 Å².